The maximum absolute atomic E-state index is 12.7. The number of hydrogen-bond donors (Lipinski definition) is 1. The van der Waals surface area contributed by atoms with Crippen LogP contribution in [0.3, 0.4) is 0 Å². The topological polar surface area (TPSA) is 71.3 Å². The Kier molecular flexibility index (Phi) is 4.07. The third kappa shape index (κ3) is 3.06. The Bertz CT molecular complexity index is 702. The number of carbonyl (C=O) groups is 1. The van der Waals surface area contributed by atoms with Gasteiger partial charge >= 0.3 is 0 Å². The van der Waals surface area contributed by atoms with Gasteiger partial charge < -0.3 is 14.7 Å². The van der Waals surface area contributed by atoms with Crippen LogP contribution in [0.25, 0.3) is 0 Å². The van der Waals surface area contributed by atoms with Crippen molar-refractivity contribution in [2.75, 3.05) is 19.0 Å². The number of nitrogens with one attached hydrogen (secondary N) is 1. The third-order valence-corrected chi connectivity index (χ3v) is 4.39. The summed E-state index contributed by atoms with van der Waals surface area (Å²) in [6, 6.07) is 7.58. The lowest BCUT2D eigenvalue weighted by Crippen LogP contribution is -2.44. The number of benzene rings is 1. The molecule has 122 valence electrons. The number of aromatic nitrogens is 2. The van der Waals surface area contributed by atoms with Crippen molar-refractivity contribution in [1.82, 2.24) is 15.5 Å². The highest BCUT2D eigenvalue weighted by Crippen LogP contribution is 2.37. The Balaban J connectivity index is 1.86. The smallest absolute Gasteiger partial charge is 0.252 e. The van der Waals surface area contributed by atoms with E-state index in [1.165, 1.54) is 0 Å². The molecule has 3 rings (SSSR count). The maximum atomic E-state index is 12.7. The van der Waals surface area contributed by atoms with E-state index in [0.717, 1.165) is 31.4 Å². The molecule has 0 bridgehead atoms. The van der Waals surface area contributed by atoms with E-state index >= 15 is 0 Å². The average molecular weight is 314 g/mol. The molecule has 1 aliphatic carbocycles. The highest BCUT2D eigenvalue weighted by molar-refractivity contribution is 5.95. The van der Waals surface area contributed by atoms with Crippen LogP contribution >= 0.6 is 0 Å². The molecule has 0 radical (unpaired) electrons. The minimum atomic E-state index is -0.511. The van der Waals surface area contributed by atoms with Crippen molar-refractivity contribution in [3.8, 4) is 0 Å². The first-order chi connectivity index (χ1) is 11.0. The number of rotatable bonds is 4. The molecule has 1 aliphatic rings. The van der Waals surface area contributed by atoms with Crippen LogP contribution in [0.15, 0.2) is 28.8 Å². The first kappa shape index (κ1) is 15.5. The second-order valence-electron chi connectivity index (χ2n) is 6.33. The Hall–Kier alpha value is -2.37. The molecule has 23 heavy (non-hydrogen) atoms. The predicted molar refractivity (Wildman–Crippen MR) is 87.4 cm³/mol. The lowest BCUT2D eigenvalue weighted by molar-refractivity contribution is 0.0892. The lowest BCUT2D eigenvalue weighted by atomic mass is 9.95. The van der Waals surface area contributed by atoms with Gasteiger partial charge in [-0.25, -0.2) is 0 Å². The van der Waals surface area contributed by atoms with Crippen LogP contribution < -0.4 is 10.2 Å². The number of aryl methyl sites for hydroxylation is 1. The summed E-state index contributed by atoms with van der Waals surface area (Å²) in [6.07, 6.45) is 3.77. The largest absolute Gasteiger partial charge is 0.378 e. The van der Waals surface area contributed by atoms with Crippen LogP contribution in [0.4, 0.5) is 5.69 Å². The van der Waals surface area contributed by atoms with Crippen molar-refractivity contribution in [1.29, 1.82) is 0 Å². The van der Waals surface area contributed by atoms with Gasteiger partial charge in [0.25, 0.3) is 5.91 Å². The van der Waals surface area contributed by atoms with Crippen LogP contribution in [-0.2, 0) is 5.54 Å². The van der Waals surface area contributed by atoms with E-state index < -0.39 is 5.54 Å². The molecular weight excluding hydrogens is 292 g/mol. The van der Waals surface area contributed by atoms with Crippen molar-refractivity contribution < 1.29 is 9.32 Å². The van der Waals surface area contributed by atoms with E-state index in [0.29, 0.717) is 17.3 Å². The minimum absolute atomic E-state index is 0.0990. The zero-order valence-electron chi connectivity index (χ0n) is 13.8. The van der Waals surface area contributed by atoms with Gasteiger partial charge in [0, 0.05) is 32.3 Å². The summed E-state index contributed by atoms with van der Waals surface area (Å²) in [7, 11) is 3.91. The first-order valence-corrected chi connectivity index (χ1v) is 7.91. The molecule has 0 spiro atoms. The van der Waals surface area contributed by atoms with E-state index in [9.17, 15) is 4.79 Å². The molecular formula is C17H22N4O2. The summed E-state index contributed by atoms with van der Waals surface area (Å²) in [5.41, 5.74) is 1.12. The normalized spacial score (nSPS) is 16.3. The monoisotopic (exact) mass is 314 g/mol. The predicted octanol–water partition coefficient (Wildman–Crippen LogP) is 2.64. The summed E-state index contributed by atoms with van der Waals surface area (Å²) in [6.45, 7) is 1.77. The summed E-state index contributed by atoms with van der Waals surface area (Å²) >= 11 is 0. The summed E-state index contributed by atoms with van der Waals surface area (Å²) in [5, 5.41) is 7.22. The molecule has 1 aromatic carbocycles. The molecule has 0 saturated heterocycles. The van der Waals surface area contributed by atoms with Gasteiger partial charge in [0.1, 0.15) is 5.54 Å². The number of hydrogen-bond acceptors (Lipinski definition) is 5. The zero-order chi connectivity index (χ0) is 16.4. The van der Waals surface area contributed by atoms with Crippen LogP contribution in [0.1, 0.15) is 47.8 Å². The van der Waals surface area contributed by atoms with Crippen LogP contribution in [0.2, 0.25) is 0 Å². The van der Waals surface area contributed by atoms with Crippen LogP contribution in [0.5, 0.6) is 0 Å². The molecule has 1 amide bonds. The highest BCUT2D eigenvalue weighted by atomic mass is 16.5. The van der Waals surface area contributed by atoms with Crippen molar-refractivity contribution >= 4 is 11.6 Å². The van der Waals surface area contributed by atoms with Crippen LogP contribution in [-0.4, -0.2) is 30.1 Å². The van der Waals surface area contributed by atoms with Gasteiger partial charge in [0.05, 0.1) is 0 Å². The average Bonchev–Trinajstić information content (AvgIpc) is 3.17. The standard InChI is InChI=1S/C17H22N4O2/c1-12-18-16(20-23-12)17(9-4-5-10-17)19-15(22)13-7-6-8-14(11-13)21(2)3/h6-8,11H,4-5,9-10H2,1-3H3,(H,19,22). The lowest BCUT2D eigenvalue weighted by Gasteiger charge is -2.27. The summed E-state index contributed by atoms with van der Waals surface area (Å²) in [4.78, 5) is 19.1. The Morgan fingerprint density at radius 1 is 1.30 bits per heavy atom. The van der Waals surface area contributed by atoms with Crippen molar-refractivity contribution in [2.45, 2.75) is 38.1 Å². The van der Waals surface area contributed by atoms with E-state index in [1.807, 2.05) is 43.3 Å². The van der Waals surface area contributed by atoms with Gasteiger partial charge in [-0.15, -0.1) is 0 Å². The fourth-order valence-corrected chi connectivity index (χ4v) is 3.09. The number of amides is 1. The molecule has 1 fully saturated rings. The quantitative estimate of drug-likeness (QED) is 0.939. The van der Waals surface area contributed by atoms with Crippen molar-refractivity contribution in [3.05, 3.63) is 41.5 Å². The molecule has 6 heteroatoms. The first-order valence-electron chi connectivity index (χ1n) is 7.91. The van der Waals surface area contributed by atoms with Crippen LogP contribution in [0, 0.1) is 6.92 Å². The Morgan fingerprint density at radius 2 is 2.04 bits per heavy atom. The third-order valence-electron chi connectivity index (χ3n) is 4.39. The van der Waals surface area contributed by atoms with E-state index in [-0.39, 0.29) is 5.91 Å². The molecule has 1 aromatic heterocycles. The van der Waals surface area contributed by atoms with E-state index in [2.05, 4.69) is 15.5 Å². The molecule has 2 aromatic rings. The molecule has 0 unspecified atom stereocenters. The number of anilines is 1. The van der Waals surface area contributed by atoms with Crippen molar-refractivity contribution in [3.63, 3.8) is 0 Å². The van der Waals surface area contributed by atoms with Gasteiger partial charge in [0.15, 0.2) is 5.82 Å². The van der Waals surface area contributed by atoms with Gasteiger partial charge in [-0.1, -0.05) is 24.1 Å². The molecule has 1 saturated carbocycles. The second-order valence-corrected chi connectivity index (χ2v) is 6.33. The maximum Gasteiger partial charge on any atom is 0.252 e. The molecule has 1 N–H and O–H groups in total. The summed E-state index contributed by atoms with van der Waals surface area (Å²) in [5.74, 6) is 1.01. The summed E-state index contributed by atoms with van der Waals surface area (Å²) < 4.78 is 5.12. The molecule has 0 aliphatic heterocycles. The Labute approximate surface area is 135 Å². The van der Waals surface area contributed by atoms with Gasteiger partial charge in [0.2, 0.25) is 5.89 Å². The number of carbonyl (C=O) groups excluding carboxylic acids is 1. The zero-order valence-corrected chi connectivity index (χ0v) is 13.8. The molecule has 6 nitrogen and oxygen atoms in total. The van der Waals surface area contributed by atoms with E-state index in [1.54, 1.807) is 6.92 Å². The van der Waals surface area contributed by atoms with Gasteiger partial charge in [-0.3, -0.25) is 4.79 Å². The highest BCUT2D eigenvalue weighted by Gasteiger charge is 2.41. The molecule has 0 atom stereocenters. The SMILES string of the molecule is Cc1nc(C2(NC(=O)c3cccc(N(C)C)c3)CCCC2)no1. The van der Waals surface area contributed by atoms with Gasteiger partial charge in [-0.2, -0.15) is 4.98 Å². The van der Waals surface area contributed by atoms with Gasteiger partial charge in [-0.05, 0) is 31.0 Å². The fraction of sp³-hybridized carbons (Fsp3) is 0.471. The molecule has 1 heterocycles. The van der Waals surface area contributed by atoms with E-state index in [4.69, 9.17) is 4.52 Å². The Morgan fingerprint density at radius 3 is 2.65 bits per heavy atom. The number of nitrogens with zero attached hydrogens (tertiary/aromatic N) is 3. The van der Waals surface area contributed by atoms with Crippen molar-refractivity contribution in [2.24, 2.45) is 0 Å². The minimum Gasteiger partial charge on any atom is -0.378 e. The second kappa shape index (κ2) is 6.02. The fourth-order valence-electron chi connectivity index (χ4n) is 3.09.